The summed E-state index contributed by atoms with van der Waals surface area (Å²) in [5.41, 5.74) is 1.10. The van der Waals surface area contributed by atoms with Crippen LogP contribution in [0.3, 0.4) is 0 Å². The monoisotopic (exact) mass is 484 g/mol. The molecule has 138 valence electrons. The van der Waals surface area contributed by atoms with E-state index in [1.54, 1.807) is 30.3 Å². The highest BCUT2D eigenvalue weighted by atomic mass is 79.9. The Labute approximate surface area is 168 Å². The average Bonchev–Trinajstić information content (AvgIpc) is 2.60. The standard InChI is InChI=1S/C19H19Br2FN2O2/c20-15-4-1-3-14(11-15)19(26)24-10-2-9-23-18(25)8-6-13-5-7-16(21)12-17(13)22/h1,3-5,7,11-12H,2,6,8-10H2,(H,23,25)(H,24,26). The lowest BCUT2D eigenvalue weighted by Crippen LogP contribution is -2.30. The summed E-state index contributed by atoms with van der Waals surface area (Å²) < 4.78 is 15.2. The predicted octanol–water partition coefficient (Wildman–Crippen LogP) is 4.22. The Balaban J connectivity index is 1.62. The van der Waals surface area contributed by atoms with Crippen molar-refractivity contribution in [1.29, 1.82) is 0 Å². The number of aryl methyl sites for hydroxylation is 1. The number of benzene rings is 2. The van der Waals surface area contributed by atoms with Gasteiger partial charge in [0.05, 0.1) is 0 Å². The lowest BCUT2D eigenvalue weighted by atomic mass is 10.1. The lowest BCUT2D eigenvalue weighted by Gasteiger charge is -2.08. The molecule has 2 aromatic carbocycles. The zero-order valence-electron chi connectivity index (χ0n) is 14.0. The zero-order valence-corrected chi connectivity index (χ0v) is 17.2. The van der Waals surface area contributed by atoms with Crippen molar-refractivity contribution in [3.8, 4) is 0 Å². The molecule has 0 radical (unpaired) electrons. The highest BCUT2D eigenvalue weighted by molar-refractivity contribution is 9.10. The summed E-state index contributed by atoms with van der Waals surface area (Å²) in [5, 5.41) is 5.58. The Morgan fingerprint density at radius 1 is 0.962 bits per heavy atom. The van der Waals surface area contributed by atoms with E-state index in [0.717, 1.165) is 4.47 Å². The van der Waals surface area contributed by atoms with E-state index >= 15 is 0 Å². The molecule has 0 aliphatic carbocycles. The van der Waals surface area contributed by atoms with Crippen LogP contribution in [0, 0.1) is 5.82 Å². The minimum Gasteiger partial charge on any atom is -0.356 e. The molecule has 0 aliphatic heterocycles. The normalized spacial score (nSPS) is 10.4. The average molecular weight is 486 g/mol. The van der Waals surface area contributed by atoms with Gasteiger partial charge in [0.15, 0.2) is 0 Å². The van der Waals surface area contributed by atoms with Gasteiger partial charge in [-0.05, 0) is 48.7 Å². The van der Waals surface area contributed by atoms with Crippen molar-refractivity contribution in [2.24, 2.45) is 0 Å². The van der Waals surface area contributed by atoms with Crippen LogP contribution in [-0.2, 0) is 11.2 Å². The minimum atomic E-state index is -0.317. The first kappa shape index (κ1) is 20.6. The van der Waals surface area contributed by atoms with Crippen molar-refractivity contribution in [3.05, 3.63) is 68.4 Å². The number of carbonyl (C=O) groups excluding carboxylic acids is 2. The second-order valence-electron chi connectivity index (χ2n) is 5.71. The second-order valence-corrected chi connectivity index (χ2v) is 7.54. The van der Waals surface area contributed by atoms with Crippen LogP contribution in [0.15, 0.2) is 51.4 Å². The Morgan fingerprint density at radius 3 is 2.42 bits per heavy atom. The molecule has 0 saturated heterocycles. The van der Waals surface area contributed by atoms with Crippen molar-refractivity contribution >= 4 is 43.7 Å². The number of hydrogen-bond donors (Lipinski definition) is 2. The number of hydrogen-bond acceptors (Lipinski definition) is 2. The molecular formula is C19H19Br2FN2O2. The summed E-state index contributed by atoms with van der Waals surface area (Å²) in [6, 6.07) is 12.0. The Hall–Kier alpha value is -1.73. The third-order valence-corrected chi connectivity index (χ3v) is 4.67. The van der Waals surface area contributed by atoms with Crippen LogP contribution in [-0.4, -0.2) is 24.9 Å². The fourth-order valence-electron chi connectivity index (χ4n) is 2.31. The van der Waals surface area contributed by atoms with Crippen molar-refractivity contribution in [1.82, 2.24) is 10.6 Å². The lowest BCUT2D eigenvalue weighted by molar-refractivity contribution is -0.121. The van der Waals surface area contributed by atoms with Crippen molar-refractivity contribution in [2.75, 3.05) is 13.1 Å². The summed E-state index contributed by atoms with van der Waals surface area (Å²) in [6.07, 6.45) is 1.20. The number of halogens is 3. The number of carbonyl (C=O) groups is 2. The topological polar surface area (TPSA) is 58.2 Å². The zero-order chi connectivity index (χ0) is 18.9. The van der Waals surface area contributed by atoms with Crippen molar-refractivity contribution in [3.63, 3.8) is 0 Å². The molecule has 2 rings (SSSR count). The van der Waals surface area contributed by atoms with E-state index < -0.39 is 0 Å². The van der Waals surface area contributed by atoms with E-state index in [9.17, 15) is 14.0 Å². The van der Waals surface area contributed by atoms with Gasteiger partial charge in [-0.15, -0.1) is 0 Å². The maximum atomic E-state index is 13.7. The third kappa shape index (κ3) is 6.88. The first-order chi connectivity index (χ1) is 12.5. The molecule has 0 atom stereocenters. The van der Waals surface area contributed by atoms with Crippen LogP contribution in [0.4, 0.5) is 4.39 Å². The fraction of sp³-hybridized carbons (Fsp3) is 0.263. The number of amides is 2. The summed E-state index contributed by atoms with van der Waals surface area (Å²) in [6.45, 7) is 0.924. The molecule has 0 heterocycles. The first-order valence-corrected chi connectivity index (χ1v) is 9.78. The van der Waals surface area contributed by atoms with Gasteiger partial charge >= 0.3 is 0 Å². The highest BCUT2D eigenvalue weighted by Crippen LogP contribution is 2.16. The molecule has 26 heavy (non-hydrogen) atoms. The van der Waals surface area contributed by atoms with Gasteiger partial charge in [-0.3, -0.25) is 9.59 Å². The molecule has 0 unspecified atom stereocenters. The first-order valence-electron chi connectivity index (χ1n) is 8.20. The highest BCUT2D eigenvalue weighted by Gasteiger charge is 2.07. The van der Waals surface area contributed by atoms with Crippen LogP contribution in [0.5, 0.6) is 0 Å². The van der Waals surface area contributed by atoms with Gasteiger partial charge in [-0.25, -0.2) is 4.39 Å². The smallest absolute Gasteiger partial charge is 0.251 e. The molecular weight excluding hydrogens is 467 g/mol. The third-order valence-electron chi connectivity index (χ3n) is 3.68. The van der Waals surface area contributed by atoms with Gasteiger partial charge in [0.1, 0.15) is 5.82 Å². The molecule has 0 fully saturated rings. The van der Waals surface area contributed by atoms with Gasteiger partial charge in [-0.1, -0.05) is 44.0 Å². The SMILES string of the molecule is O=C(CCc1ccc(Br)cc1F)NCCCNC(=O)c1cccc(Br)c1. The van der Waals surface area contributed by atoms with Gasteiger partial charge in [0.2, 0.25) is 5.91 Å². The molecule has 2 aromatic rings. The number of rotatable bonds is 8. The molecule has 0 aliphatic rings. The molecule has 0 aromatic heterocycles. The Bertz CT molecular complexity index is 784. The molecule has 0 saturated carbocycles. The van der Waals surface area contributed by atoms with E-state index in [1.807, 2.05) is 6.07 Å². The molecule has 7 heteroatoms. The Kier molecular flexibility index (Phi) is 8.25. The van der Waals surface area contributed by atoms with Gasteiger partial charge in [0.25, 0.3) is 5.91 Å². The minimum absolute atomic E-state index is 0.134. The van der Waals surface area contributed by atoms with E-state index in [1.165, 1.54) is 6.07 Å². The molecule has 0 spiro atoms. The van der Waals surface area contributed by atoms with Gasteiger partial charge in [0, 0.05) is 34.0 Å². The quantitative estimate of drug-likeness (QED) is 0.550. The predicted molar refractivity (Wildman–Crippen MR) is 107 cm³/mol. The van der Waals surface area contributed by atoms with Crippen LogP contribution in [0.25, 0.3) is 0 Å². The van der Waals surface area contributed by atoms with E-state index in [2.05, 4.69) is 42.5 Å². The van der Waals surface area contributed by atoms with Gasteiger partial charge in [-0.2, -0.15) is 0 Å². The summed E-state index contributed by atoms with van der Waals surface area (Å²) in [7, 11) is 0. The Morgan fingerprint density at radius 2 is 1.69 bits per heavy atom. The van der Waals surface area contributed by atoms with E-state index in [0.29, 0.717) is 41.5 Å². The van der Waals surface area contributed by atoms with E-state index in [-0.39, 0.29) is 24.1 Å². The molecule has 4 nitrogen and oxygen atoms in total. The largest absolute Gasteiger partial charge is 0.356 e. The van der Waals surface area contributed by atoms with Crippen molar-refractivity contribution < 1.29 is 14.0 Å². The van der Waals surface area contributed by atoms with Crippen LogP contribution in [0.2, 0.25) is 0 Å². The molecule has 0 bridgehead atoms. The molecule has 2 amide bonds. The van der Waals surface area contributed by atoms with Crippen LogP contribution in [0.1, 0.15) is 28.8 Å². The van der Waals surface area contributed by atoms with Crippen LogP contribution < -0.4 is 10.6 Å². The second kappa shape index (κ2) is 10.4. The molecule has 2 N–H and O–H groups in total. The maximum Gasteiger partial charge on any atom is 0.251 e. The fourth-order valence-corrected chi connectivity index (χ4v) is 3.04. The van der Waals surface area contributed by atoms with Gasteiger partial charge < -0.3 is 10.6 Å². The summed E-state index contributed by atoms with van der Waals surface area (Å²) >= 11 is 6.53. The summed E-state index contributed by atoms with van der Waals surface area (Å²) in [5.74, 6) is -0.601. The summed E-state index contributed by atoms with van der Waals surface area (Å²) in [4.78, 5) is 23.8. The van der Waals surface area contributed by atoms with Crippen molar-refractivity contribution in [2.45, 2.75) is 19.3 Å². The van der Waals surface area contributed by atoms with Crippen LogP contribution >= 0.6 is 31.9 Å². The maximum absolute atomic E-state index is 13.7. The number of nitrogens with one attached hydrogen (secondary N) is 2. The van der Waals surface area contributed by atoms with E-state index in [4.69, 9.17) is 0 Å².